The first-order valence-electron chi connectivity index (χ1n) is 7.47. The van der Waals surface area contributed by atoms with Crippen molar-refractivity contribution in [2.24, 2.45) is 0 Å². The molecule has 23 heavy (non-hydrogen) atoms. The van der Waals surface area contributed by atoms with Crippen molar-refractivity contribution in [2.75, 3.05) is 6.54 Å². The van der Waals surface area contributed by atoms with Crippen molar-refractivity contribution in [3.63, 3.8) is 0 Å². The van der Waals surface area contributed by atoms with Crippen molar-refractivity contribution in [1.29, 1.82) is 0 Å². The van der Waals surface area contributed by atoms with Gasteiger partial charge in [0.05, 0.1) is 6.10 Å². The van der Waals surface area contributed by atoms with E-state index in [2.05, 4.69) is 10.6 Å². The largest absolute Gasteiger partial charge is 0.466 e. The fraction of sp³-hybridized carbons (Fsp3) is 0.353. The van der Waals surface area contributed by atoms with Crippen LogP contribution in [0.5, 0.6) is 0 Å². The number of nitrogens with one attached hydrogen (secondary N) is 2. The minimum absolute atomic E-state index is 0.308. The zero-order valence-electron chi connectivity index (χ0n) is 13.2. The second kappa shape index (κ2) is 7.78. The van der Waals surface area contributed by atoms with E-state index < -0.39 is 6.10 Å². The highest BCUT2D eigenvalue weighted by atomic mass is 19.1. The molecule has 2 rings (SSSR count). The van der Waals surface area contributed by atoms with Crippen LogP contribution in [0.4, 0.5) is 9.18 Å². The molecule has 0 radical (unpaired) electrons. The lowest BCUT2D eigenvalue weighted by atomic mass is 10.1. The maximum atomic E-state index is 12.8. The van der Waals surface area contributed by atoms with Gasteiger partial charge in [-0.05, 0) is 44.0 Å². The molecule has 0 fully saturated rings. The van der Waals surface area contributed by atoms with E-state index in [4.69, 9.17) is 4.42 Å². The van der Waals surface area contributed by atoms with Gasteiger partial charge in [-0.15, -0.1) is 0 Å². The number of hydrogen-bond donors (Lipinski definition) is 3. The quantitative estimate of drug-likeness (QED) is 0.766. The Morgan fingerprint density at radius 2 is 1.96 bits per heavy atom. The zero-order chi connectivity index (χ0) is 16.8. The number of aryl methyl sites for hydroxylation is 2. The SMILES string of the molecule is Cc1cc([C@@H](O)CCNC(=O)NCc2ccc(F)cc2)c(C)o1. The lowest BCUT2D eigenvalue weighted by molar-refractivity contribution is 0.165. The van der Waals surface area contributed by atoms with E-state index in [0.717, 1.165) is 16.9 Å². The third-order valence-electron chi connectivity index (χ3n) is 3.51. The van der Waals surface area contributed by atoms with Crippen LogP contribution in [0.25, 0.3) is 0 Å². The van der Waals surface area contributed by atoms with Crippen LogP contribution >= 0.6 is 0 Å². The maximum absolute atomic E-state index is 12.8. The fourth-order valence-corrected chi connectivity index (χ4v) is 2.31. The fourth-order valence-electron chi connectivity index (χ4n) is 2.31. The Balaban J connectivity index is 1.70. The Bertz CT molecular complexity index is 652. The monoisotopic (exact) mass is 320 g/mol. The number of aliphatic hydroxyl groups is 1. The number of urea groups is 1. The van der Waals surface area contributed by atoms with E-state index in [1.54, 1.807) is 25.1 Å². The molecule has 2 amide bonds. The molecule has 0 unspecified atom stereocenters. The van der Waals surface area contributed by atoms with Gasteiger partial charge in [-0.2, -0.15) is 0 Å². The summed E-state index contributed by atoms with van der Waals surface area (Å²) in [6, 6.07) is 7.39. The summed E-state index contributed by atoms with van der Waals surface area (Å²) in [6.45, 7) is 4.27. The number of carbonyl (C=O) groups excluding carboxylic acids is 1. The van der Waals surface area contributed by atoms with Gasteiger partial charge in [0.1, 0.15) is 17.3 Å². The molecule has 1 heterocycles. The standard InChI is InChI=1S/C17H21FN2O3/c1-11-9-15(12(2)23-11)16(21)7-8-19-17(22)20-10-13-3-5-14(18)6-4-13/h3-6,9,16,21H,7-8,10H2,1-2H3,(H2,19,20,22)/t16-/m0/s1. The molecule has 0 saturated carbocycles. The molecular weight excluding hydrogens is 299 g/mol. The average Bonchev–Trinajstić information content (AvgIpc) is 2.85. The highest BCUT2D eigenvalue weighted by Crippen LogP contribution is 2.23. The first-order chi connectivity index (χ1) is 11.0. The molecule has 0 aliphatic heterocycles. The number of benzene rings is 1. The van der Waals surface area contributed by atoms with Gasteiger partial charge in [0.15, 0.2) is 0 Å². The minimum Gasteiger partial charge on any atom is -0.466 e. The molecule has 1 aromatic carbocycles. The van der Waals surface area contributed by atoms with Crippen LogP contribution in [0.2, 0.25) is 0 Å². The smallest absolute Gasteiger partial charge is 0.315 e. The molecule has 1 atom stereocenters. The summed E-state index contributed by atoms with van der Waals surface area (Å²) in [7, 11) is 0. The van der Waals surface area contributed by atoms with Gasteiger partial charge < -0.3 is 20.2 Å². The van der Waals surface area contributed by atoms with E-state index in [9.17, 15) is 14.3 Å². The van der Waals surface area contributed by atoms with E-state index in [0.29, 0.717) is 25.3 Å². The number of hydrogen-bond acceptors (Lipinski definition) is 3. The minimum atomic E-state index is -0.676. The van der Waals surface area contributed by atoms with Crippen LogP contribution in [0.15, 0.2) is 34.7 Å². The number of carbonyl (C=O) groups is 1. The van der Waals surface area contributed by atoms with E-state index >= 15 is 0 Å². The van der Waals surface area contributed by atoms with Crippen molar-refractivity contribution >= 4 is 6.03 Å². The van der Waals surface area contributed by atoms with E-state index in [1.165, 1.54) is 12.1 Å². The molecule has 3 N–H and O–H groups in total. The third-order valence-corrected chi connectivity index (χ3v) is 3.51. The topological polar surface area (TPSA) is 74.5 Å². The normalized spacial score (nSPS) is 12.0. The van der Waals surface area contributed by atoms with Crippen molar-refractivity contribution < 1.29 is 18.7 Å². The average molecular weight is 320 g/mol. The second-order valence-corrected chi connectivity index (χ2v) is 5.41. The summed E-state index contributed by atoms with van der Waals surface area (Å²) in [4.78, 5) is 11.7. The van der Waals surface area contributed by atoms with Gasteiger partial charge in [0.25, 0.3) is 0 Å². The summed E-state index contributed by atoms with van der Waals surface area (Å²) in [5, 5.41) is 15.4. The molecular formula is C17H21FN2O3. The van der Waals surface area contributed by atoms with Crippen molar-refractivity contribution in [3.8, 4) is 0 Å². The highest BCUT2D eigenvalue weighted by Gasteiger charge is 2.14. The summed E-state index contributed by atoms with van der Waals surface area (Å²) in [5.74, 6) is 1.13. The Morgan fingerprint density at radius 3 is 2.57 bits per heavy atom. The molecule has 0 spiro atoms. The summed E-state index contributed by atoms with van der Waals surface area (Å²) in [6.07, 6.45) is -0.283. The van der Waals surface area contributed by atoms with Crippen LogP contribution in [-0.2, 0) is 6.54 Å². The molecule has 124 valence electrons. The van der Waals surface area contributed by atoms with Crippen LogP contribution in [0.3, 0.4) is 0 Å². The predicted molar refractivity (Wildman–Crippen MR) is 84.4 cm³/mol. The summed E-state index contributed by atoms with van der Waals surface area (Å²) >= 11 is 0. The molecule has 0 aliphatic carbocycles. The van der Waals surface area contributed by atoms with Gasteiger partial charge in [0.2, 0.25) is 0 Å². The first-order valence-corrected chi connectivity index (χ1v) is 7.47. The molecule has 2 aromatic rings. The lowest BCUT2D eigenvalue weighted by Crippen LogP contribution is -2.36. The lowest BCUT2D eigenvalue weighted by Gasteiger charge is -2.11. The number of halogens is 1. The number of amides is 2. The molecule has 0 aliphatic rings. The van der Waals surface area contributed by atoms with Crippen molar-refractivity contribution in [2.45, 2.75) is 32.9 Å². The molecule has 0 saturated heterocycles. The highest BCUT2D eigenvalue weighted by molar-refractivity contribution is 5.73. The summed E-state index contributed by atoms with van der Waals surface area (Å²) < 4.78 is 18.1. The molecule has 1 aromatic heterocycles. The maximum Gasteiger partial charge on any atom is 0.315 e. The Labute approximate surface area is 134 Å². The second-order valence-electron chi connectivity index (χ2n) is 5.41. The number of rotatable bonds is 6. The zero-order valence-corrected chi connectivity index (χ0v) is 13.2. The van der Waals surface area contributed by atoms with Crippen molar-refractivity contribution in [3.05, 3.63) is 58.8 Å². The summed E-state index contributed by atoms with van der Waals surface area (Å²) in [5.41, 5.74) is 1.56. The first kappa shape index (κ1) is 17.0. The van der Waals surface area contributed by atoms with Gasteiger partial charge in [0, 0.05) is 18.7 Å². The predicted octanol–water partition coefficient (Wildman–Crippen LogP) is 2.96. The van der Waals surface area contributed by atoms with Gasteiger partial charge in [-0.1, -0.05) is 12.1 Å². The Kier molecular flexibility index (Phi) is 5.76. The van der Waals surface area contributed by atoms with Gasteiger partial charge in [-0.3, -0.25) is 0 Å². The van der Waals surface area contributed by atoms with Gasteiger partial charge in [-0.25, -0.2) is 9.18 Å². The van der Waals surface area contributed by atoms with Crippen LogP contribution in [0.1, 0.15) is 35.2 Å². The van der Waals surface area contributed by atoms with E-state index in [1.807, 2.05) is 6.92 Å². The van der Waals surface area contributed by atoms with Crippen molar-refractivity contribution in [1.82, 2.24) is 10.6 Å². The molecule has 5 nitrogen and oxygen atoms in total. The van der Waals surface area contributed by atoms with Crippen LogP contribution in [0, 0.1) is 19.7 Å². The third kappa shape index (κ3) is 5.10. The van der Waals surface area contributed by atoms with Crippen LogP contribution in [-0.4, -0.2) is 17.7 Å². The number of furan rings is 1. The number of aliphatic hydroxyl groups excluding tert-OH is 1. The Hall–Kier alpha value is -2.34. The van der Waals surface area contributed by atoms with Crippen LogP contribution < -0.4 is 10.6 Å². The molecule has 6 heteroatoms. The van der Waals surface area contributed by atoms with E-state index in [-0.39, 0.29) is 11.8 Å². The van der Waals surface area contributed by atoms with Gasteiger partial charge >= 0.3 is 6.03 Å². The Morgan fingerprint density at radius 1 is 1.26 bits per heavy atom. The molecule has 0 bridgehead atoms.